The summed E-state index contributed by atoms with van der Waals surface area (Å²) in [7, 11) is 0. The molecule has 1 aromatic carbocycles. The maximum absolute atomic E-state index is 12.9. The summed E-state index contributed by atoms with van der Waals surface area (Å²) in [5.74, 6) is -1.52. The molecule has 0 fully saturated rings. The fourth-order valence-electron chi connectivity index (χ4n) is 3.03. The second-order valence-corrected chi connectivity index (χ2v) is 7.48. The van der Waals surface area contributed by atoms with Gasteiger partial charge in [-0.05, 0) is 30.7 Å². The van der Waals surface area contributed by atoms with Crippen molar-refractivity contribution in [3.63, 3.8) is 0 Å². The maximum atomic E-state index is 12.9. The minimum Gasteiger partial charge on any atom is -0.465 e. The van der Waals surface area contributed by atoms with E-state index < -0.39 is 36.5 Å². The lowest BCUT2D eigenvalue weighted by atomic mass is 9.96. The first kappa shape index (κ1) is 26.1. The van der Waals surface area contributed by atoms with Gasteiger partial charge in [-0.3, -0.25) is 14.4 Å². The largest absolute Gasteiger partial charge is 0.465 e. The summed E-state index contributed by atoms with van der Waals surface area (Å²) < 4.78 is 0. The van der Waals surface area contributed by atoms with Crippen molar-refractivity contribution in [2.45, 2.75) is 58.0 Å². The highest BCUT2D eigenvalue weighted by Crippen LogP contribution is 2.11. The van der Waals surface area contributed by atoms with Gasteiger partial charge in [0, 0.05) is 13.0 Å². The van der Waals surface area contributed by atoms with E-state index in [4.69, 9.17) is 5.11 Å². The summed E-state index contributed by atoms with van der Waals surface area (Å²) in [4.78, 5) is 47.8. The number of Topliss-reactive ketones (excluding diaryl/α,β-unsaturated/α-hetero) is 1. The van der Waals surface area contributed by atoms with Crippen LogP contribution in [0.25, 0.3) is 0 Å². The molecule has 3 unspecified atom stereocenters. The van der Waals surface area contributed by atoms with Gasteiger partial charge in [-0.25, -0.2) is 4.79 Å². The number of benzene rings is 1. The second-order valence-electron chi connectivity index (χ2n) is 7.48. The van der Waals surface area contributed by atoms with Crippen LogP contribution in [0.15, 0.2) is 30.3 Å². The summed E-state index contributed by atoms with van der Waals surface area (Å²) in [6.07, 6.45) is 0.712. The Kier molecular flexibility index (Phi) is 11.9. The molecule has 1 aromatic rings. The normalized spacial score (nSPS) is 13.5. The third-order valence-electron chi connectivity index (χ3n) is 5.09. The molecule has 31 heavy (non-hydrogen) atoms. The summed E-state index contributed by atoms with van der Waals surface area (Å²) in [6.45, 7) is 3.16. The average Bonchev–Trinajstić information content (AvgIpc) is 2.77. The summed E-state index contributed by atoms with van der Waals surface area (Å²) >= 11 is 0. The monoisotopic (exact) mass is 435 g/mol. The molecule has 0 radical (unpaired) electrons. The maximum Gasteiger partial charge on any atom is 0.404 e. The van der Waals surface area contributed by atoms with Crippen molar-refractivity contribution in [2.75, 3.05) is 13.2 Å². The summed E-state index contributed by atoms with van der Waals surface area (Å²) in [6, 6.07) is 7.80. The van der Waals surface area contributed by atoms with Crippen molar-refractivity contribution in [2.24, 2.45) is 5.92 Å². The number of ketones is 1. The van der Waals surface area contributed by atoms with Crippen LogP contribution in [0.3, 0.4) is 0 Å². The van der Waals surface area contributed by atoms with Crippen molar-refractivity contribution in [1.29, 1.82) is 0 Å². The van der Waals surface area contributed by atoms with Crippen molar-refractivity contribution >= 4 is 23.7 Å². The highest BCUT2D eigenvalue weighted by molar-refractivity contribution is 5.93. The Balaban J connectivity index is 2.73. The molecular weight excluding hydrogens is 402 g/mol. The molecule has 172 valence electrons. The van der Waals surface area contributed by atoms with Crippen LogP contribution in [0.5, 0.6) is 0 Å². The highest BCUT2D eigenvalue weighted by atomic mass is 16.4. The predicted molar refractivity (Wildman–Crippen MR) is 115 cm³/mol. The molecule has 0 aliphatic carbocycles. The highest BCUT2D eigenvalue weighted by Gasteiger charge is 2.29. The Morgan fingerprint density at radius 3 is 2.32 bits per heavy atom. The lowest BCUT2D eigenvalue weighted by molar-refractivity contribution is -0.133. The zero-order chi connectivity index (χ0) is 23.2. The molecule has 0 aromatic heterocycles. The zero-order valence-electron chi connectivity index (χ0n) is 18.1. The first-order chi connectivity index (χ1) is 14.8. The fraction of sp³-hybridized carbons (Fsp3) is 0.545. The lowest BCUT2D eigenvalue weighted by Crippen LogP contribution is -2.54. The number of nitrogens with one attached hydrogen (secondary N) is 3. The molecule has 0 spiro atoms. The van der Waals surface area contributed by atoms with E-state index >= 15 is 0 Å². The Labute approximate surface area is 182 Å². The molecule has 0 aliphatic heterocycles. The van der Waals surface area contributed by atoms with E-state index in [2.05, 4.69) is 16.0 Å². The molecule has 1 rings (SSSR count). The number of aliphatic hydroxyl groups excluding tert-OH is 1. The van der Waals surface area contributed by atoms with Gasteiger partial charge in [0.25, 0.3) is 0 Å². The molecule has 9 heteroatoms. The van der Waals surface area contributed by atoms with Crippen molar-refractivity contribution in [3.8, 4) is 0 Å². The lowest BCUT2D eigenvalue weighted by Gasteiger charge is -2.26. The standard InChI is InChI=1S/C22H33N3O6/c1-3-15(2)20(25-19(28)10-7-13-23-22(30)31)21(29)24-17(18(27)14-26)12-11-16-8-5-4-6-9-16/h4-6,8-9,15,17,20,23,26H,3,7,10-14H2,1-2H3,(H,24,29)(H,25,28)(H,30,31). The Morgan fingerprint density at radius 2 is 1.74 bits per heavy atom. The number of aliphatic hydroxyl groups is 1. The topological polar surface area (TPSA) is 145 Å². The van der Waals surface area contributed by atoms with Gasteiger partial charge < -0.3 is 26.2 Å². The second kappa shape index (κ2) is 14.1. The van der Waals surface area contributed by atoms with E-state index in [0.717, 1.165) is 5.56 Å². The number of carboxylic acid groups (broad SMARTS) is 1. The molecule has 3 atom stereocenters. The van der Waals surface area contributed by atoms with Crippen LogP contribution in [0.1, 0.15) is 45.1 Å². The van der Waals surface area contributed by atoms with Gasteiger partial charge in [-0.15, -0.1) is 0 Å². The van der Waals surface area contributed by atoms with Gasteiger partial charge >= 0.3 is 6.09 Å². The minimum atomic E-state index is -1.16. The van der Waals surface area contributed by atoms with Gasteiger partial charge in [0.15, 0.2) is 5.78 Å². The Hall–Kier alpha value is -2.94. The SMILES string of the molecule is CCC(C)C(NC(=O)CCCNC(=O)O)C(=O)NC(CCc1ccccc1)C(=O)CO. The molecule has 0 aliphatic rings. The van der Waals surface area contributed by atoms with Crippen LogP contribution in [0.2, 0.25) is 0 Å². The quantitative estimate of drug-likeness (QED) is 0.278. The Bertz CT molecular complexity index is 725. The average molecular weight is 436 g/mol. The minimum absolute atomic E-state index is 0.0630. The third kappa shape index (κ3) is 10.1. The van der Waals surface area contributed by atoms with Gasteiger partial charge in [-0.1, -0.05) is 50.6 Å². The van der Waals surface area contributed by atoms with Crippen LogP contribution in [-0.2, 0) is 20.8 Å². The van der Waals surface area contributed by atoms with Crippen molar-refractivity contribution < 1.29 is 29.4 Å². The van der Waals surface area contributed by atoms with Gasteiger partial charge in [0.05, 0.1) is 6.04 Å². The van der Waals surface area contributed by atoms with Crippen molar-refractivity contribution in [3.05, 3.63) is 35.9 Å². The number of amides is 3. The van der Waals surface area contributed by atoms with Crippen LogP contribution < -0.4 is 16.0 Å². The smallest absolute Gasteiger partial charge is 0.404 e. The first-order valence-electron chi connectivity index (χ1n) is 10.5. The van der Waals surface area contributed by atoms with Crippen LogP contribution in [-0.4, -0.2) is 59.1 Å². The summed E-state index contributed by atoms with van der Waals surface area (Å²) in [5.41, 5.74) is 1.01. The van der Waals surface area contributed by atoms with E-state index in [1.807, 2.05) is 44.2 Å². The first-order valence-corrected chi connectivity index (χ1v) is 10.5. The van der Waals surface area contributed by atoms with Crippen LogP contribution >= 0.6 is 0 Å². The summed E-state index contributed by atoms with van der Waals surface area (Å²) in [5, 5.41) is 25.4. The zero-order valence-corrected chi connectivity index (χ0v) is 18.1. The molecule has 9 nitrogen and oxygen atoms in total. The third-order valence-corrected chi connectivity index (χ3v) is 5.09. The van der Waals surface area contributed by atoms with Gasteiger partial charge in [0.1, 0.15) is 12.6 Å². The van der Waals surface area contributed by atoms with E-state index in [-0.39, 0.29) is 24.8 Å². The number of carbonyl (C=O) groups excluding carboxylic acids is 3. The molecule has 3 amide bonds. The Morgan fingerprint density at radius 1 is 1.06 bits per heavy atom. The van der Waals surface area contributed by atoms with E-state index in [0.29, 0.717) is 25.7 Å². The molecule has 0 heterocycles. The predicted octanol–water partition coefficient (Wildman–Crippen LogP) is 1.24. The fourth-order valence-corrected chi connectivity index (χ4v) is 3.03. The number of hydrogen-bond donors (Lipinski definition) is 5. The molecule has 0 saturated carbocycles. The molecule has 0 saturated heterocycles. The molecule has 0 bridgehead atoms. The molecular formula is C22H33N3O6. The van der Waals surface area contributed by atoms with Crippen LogP contribution in [0.4, 0.5) is 4.79 Å². The molecule has 5 N–H and O–H groups in total. The number of aryl methyl sites for hydroxylation is 1. The van der Waals surface area contributed by atoms with Gasteiger partial charge in [0.2, 0.25) is 11.8 Å². The van der Waals surface area contributed by atoms with E-state index in [9.17, 15) is 24.3 Å². The van der Waals surface area contributed by atoms with Crippen molar-refractivity contribution in [1.82, 2.24) is 16.0 Å². The number of hydrogen-bond acceptors (Lipinski definition) is 5. The van der Waals surface area contributed by atoms with E-state index in [1.54, 1.807) is 0 Å². The number of rotatable bonds is 14. The van der Waals surface area contributed by atoms with E-state index in [1.165, 1.54) is 0 Å². The van der Waals surface area contributed by atoms with Crippen LogP contribution in [0, 0.1) is 5.92 Å². The number of carbonyl (C=O) groups is 4. The van der Waals surface area contributed by atoms with Gasteiger partial charge in [-0.2, -0.15) is 0 Å².